The van der Waals surface area contributed by atoms with Crippen LogP contribution in [0.4, 0.5) is 27.8 Å². The second-order valence-electron chi connectivity index (χ2n) is 10.0. The fraction of sp³-hybridized carbons (Fsp3) is 0.281. The maximum atomic E-state index is 14.0. The third-order valence-corrected chi connectivity index (χ3v) is 7.49. The van der Waals surface area contributed by atoms with Crippen molar-refractivity contribution in [1.82, 2.24) is 19.8 Å². The lowest BCUT2D eigenvalue weighted by Crippen LogP contribution is -2.43. The van der Waals surface area contributed by atoms with Gasteiger partial charge in [-0.05, 0) is 62.9 Å². The van der Waals surface area contributed by atoms with Gasteiger partial charge in [0.15, 0.2) is 0 Å². The number of carbonyl (C=O) groups is 1. The lowest BCUT2D eigenvalue weighted by molar-refractivity contribution is 0.186. The molecule has 0 saturated carbocycles. The van der Waals surface area contributed by atoms with Gasteiger partial charge in [-0.15, -0.1) is 0 Å². The van der Waals surface area contributed by atoms with E-state index in [4.69, 9.17) is 21.1 Å². The van der Waals surface area contributed by atoms with Gasteiger partial charge in [0.25, 0.3) is 0 Å². The molecular formula is C32H38ClN7O3. The number of amides is 2. The number of benzene rings is 2. The Kier molecular flexibility index (Phi) is 10.6. The van der Waals surface area contributed by atoms with Crippen LogP contribution in [0, 0.1) is 6.92 Å². The minimum absolute atomic E-state index is 0.323. The van der Waals surface area contributed by atoms with E-state index in [9.17, 15) is 4.79 Å². The van der Waals surface area contributed by atoms with Gasteiger partial charge in [0.2, 0.25) is 0 Å². The maximum absolute atomic E-state index is 14.0. The van der Waals surface area contributed by atoms with Crippen molar-refractivity contribution in [3.8, 4) is 11.5 Å². The molecule has 4 rings (SSSR count). The molecule has 11 heteroatoms. The number of hydrogen-bond acceptors (Lipinski definition) is 8. The van der Waals surface area contributed by atoms with Gasteiger partial charge >= 0.3 is 6.03 Å². The van der Waals surface area contributed by atoms with E-state index in [1.165, 1.54) is 11.2 Å². The molecule has 1 fully saturated rings. The predicted molar refractivity (Wildman–Crippen MR) is 174 cm³/mol. The first-order valence-corrected chi connectivity index (χ1v) is 14.2. The maximum Gasteiger partial charge on any atom is 0.332 e. The van der Waals surface area contributed by atoms with Gasteiger partial charge < -0.3 is 29.9 Å². The Morgan fingerprint density at radius 2 is 1.84 bits per heavy atom. The van der Waals surface area contributed by atoms with Crippen molar-refractivity contribution in [2.45, 2.75) is 13.8 Å². The first-order valence-electron chi connectivity index (χ1n) is 13.9. The molecule has 2 aromatic carbocycles. The molecule has 1 aromatic heterocycles. The van der Waals surface area contributed by atoms with E-state index < -0.39 is 6.03 Å². The minimum atomic E-state index is -0.459. The molecule has 0 spiro atoms. The van der Waals surface area contributed by atoms with Crippen LogP contribution in [0.2, 0.25) is 5.02 Å². The van der Waals surface area contributed by atoms with Crippen LogP contribution < -0.4 is 25.0 Å². The number of hydrogen-bond donors (Lipinski definition) is 2. The zero-order chi connectivity index (χ0) is 30.9. The number of nitrogens with one attached hydrogen (secondary N) is 2. The van der Waals surface area contributed by atoms with Gasteiger partial charge in [-0.25, -0.2) is 19.7 Å². The highest BCUT2D eigenvalue weighted by molar-refractivity contribution is 6.34. The molecular weight excluding hydrogens is 566 g/mol. The number of allylic oxidation sites excluding steroid dienone is 4. The highest BCUT2D eigenvalue weighted by atomic mass is 35.5. The summed E-state index contributed by atoms with van der Waals surface area (Å²) in [6.07, 6.45) is 6.86. The average Bonchev–Trinajstić information content (AvgIpc) is 3.01. The minimum Gasteiger partial charge on any atom is -0.497 e. The van der Waals surface area contributed by atoms with Crippen molar-refractivity contribution in [2.24, 2.45) is 0 Å². The molecule has 3 aromatic rings. The van der Waals surface area contributed by atoms with Crippen LogP contribution in [-0.2, 0) is 0 Å². The normalized spacial score (nSPS) is 14.2. The first kappa shape index (κ1) is 31.4. The van der Waals surface area contributed by atoms with E-state index in [-0.39, 0.29) is 0 Å². The highest BCUT2D eigenvalue weighted by Gasteiger charge is 2.23. The SMILES string of the molecule is C=C/C(=C\C=C(/C)N1CCN(C)CC1)N(C(=O)Nc1c(C)cccc1Cl)c1cc(Nc2ccc(OC)cc2OC)ncn1. The summed E-state index contributed by atoms with van der Waals surface area (Å²) in [5.74, 6) is 2.00. The van der Waals surface area contributed by atoms with Gasteiger partial charge in [-0.2, -0.15) is 0 Å². The van der Waals surface area contributed by atoms with Gasteiger partial charge in [0.05, 0.1) is 36.3 Å². The summed E-state index contributed by atoms with van der Waals surface area (Å²) in [6, 6.07) is 12.1. The number of aryl methyl sites for hydroxylation is 1. The number of nitrogens with zero attached hydrogens (tertiary/aromatic N) is 5. The number of anilines is 4. The highest BCUT2D eigenvalue weighted by Crippen LogP contribution is 2.32. The smallest absolute Gasteiger partial charge is 0.332 e. The molecule has 1 aliphatic rings. The molecule has 10 nitrogen and oxygen atoms in total. The largest absolute Gasteiger partial charge is 0.497 e. The van der Waals surface area contributed by atoms with E-state index in [1.807, 2.05) is 43.3 Å². The Bertz CT molecular complexity index is 1500. The van der Waals surface area contributed by atoms with E-state index in [0.717, 1.165) is 37.4 Å². The van der Waals surface area contributed by atoms with Crippen LogP contribution in [0.15, 0.2) is 85.0 Å². The molecule has 2 amide bonds. The Balaban J connectivity index is 1.71. The van der Waals surface area contributed by atoms with Crippen molar-refractivity contribution in [1.29, 1.82) is 0 Å². The number of rotatable bonds is 10. The number of aromatic nitrogens is 2. The number of halogens is 1. The molecule has 0 radical (unpaired) electrons. The van der Waals surface area contributed by atoms with Crippen molar-refractivity contribution < 1.29 is 14.3 Å². The molecule has 0 atom stereocenters. The fourth-order valence-electron chi connectivity index (χ4n) is 4.59. The van der Waals surface area contributed by atoms with Crippen LogP contribution in [-0.4, -0.2) is 73.2 Å². The van der Waals surface area contributed by atoms with Gasteiger partial charge in [-0.1, -0.05) is 30.3 Å². The molecule has 0 aliphatic carbocycles. The lowest BCUT2D eigenvalue weighted by Gasteiger charge is -2.34. The second-order valence-corrected chi connectivity index (χ2v) is 10.5. The van der Waals surface area contributed by atoms with E-state index >= 15 is 0 Å². The molecule has 43 heavy (non-hydrogen) atoms. The third kappa shape index (κ3) is 7.85. The molecule has 2 N–H and O–H groups in total. The van der Waals surface area contributed by atoms with Crippen LogP contribution in [0.1, 0.15) is 12.5 Å². The summed E-state index contributed by atoms with van der Waals surface area (Å²) in [4.78, 5) is 28.9. The van der Waals surface area contributed by atoms with Crippen molar-refractivity contribution in [3.05, 3.63) is 95.6 Å². The number of para-hydroxylation sites is 1. The van der Waals surface area contributed by atoms with Crippen molar-refractivity contribution in [3.63, 3.8) is 0 Å². The number of ether oxygens (including phenoxy) is 2. The van der Waals surface area contributed by atoms with E-state index in [2.05, 4.69) is 51.0 Å². The third-order valence-electron chi connectivity index (χ3n) is 7.17. The predicted octanol–water partition coefficient (Wildman–Crippen LogP) is 6.46. The van der Waals surface area contributed by atoms with Crippen molar-refractivity contribution in [2.75, 3.05) is 63.0 Å². The van der Waals surface area contributed by atoms with E-state index in [0.29, 0.717) is 45.2 Å². The van der Waals surface area contributed by atoms with Gasteiger partial charge in [0.1, 0.15) is 29.5 Å². The standard InChI is InChI=1S/C32H38ClN7O3/c1-7-24(12-11-23(3)39-17-15-38(4)16-18-39)40(32(41)37-31-22(2)9-8-10-26(31)33)30-20-29(34-21-35-30)36-27-14-13-25(42-5)19-28(27)43-6/h7-14,19-21H,1,15-18H2,2-6H3,(H,37,41)(H,34,35,36)/b23-11+,24-12+. The Morgan fingerprint density at radius 1 is 1.07 bits per heavy atom. The summed E-state index contributed by atoms with van der Waals surface area (Å²) in [6.45, 7) is 11.8. The number of likely N-dealkylation sites (N-methyl/N-ethyl adjacent to an activating group) is 1. The second kappa shape index (κ2) is 14.6. The van der Waals surface area contributed by atoms with Crippen LogP contribution in [0.25, 0.3) is 0 Å². The molecule has 2 heterocycles. The number of carbonyl (C=O) groups excluding carboxylic acids is 1. The van der Waals surface area contributed by atoms with Gasteiger partial charge in [-0.3, -0.25) is 0 Å². The topological polar surface area (TPSA) is 95.1 Å². The summed E-state index contributed by atoms with van der Waals surface area (Å²) < 4.78 is 10.8. The molecule has 1 aliphatic heterocycles. The average molecular weight is 604 g/mol. The molecule has 226 valence electrons. The van der Waals surface area contributed by atoms with Crippen LogP contribution in [0.5, 0.6) is 11.5 Å². The zero-order valence-electron chi connectivity index (χ0n) is 25.2. The van der Waals surface area contributed by atoms with Gasteiger partial charge in [0, 0.05) is 44.0 Å². The van der Waals surface area contributed by atoms with E-state index in [1.54, 1.807) is 38.5 Å². The summed E-state index contributed by atoms with van der Waals surface area (Å²) in [5.41, 5.74) is 3.61. The molecule has 0 unspecified atom stereocenters. The van der Waals surface area contributed by atoms with Crippen LogP contribution >= 0.6 is 11.6 Å². The van der Waals surface area contributed by atoms with Crippen molar-refractivity contribution >= 4 is 40.6 Å². The number of piperazine rings is 1. The first-order chi connectivity index (χ1) is 20.7. The Morgan fingerprint density at radius 3 is 2.51 bits per heavy atom. The quantitative estimate of drug-likeness (QED) is 0.255. The van der Waals surface area contributed by atoms with Crippen LogP contribution in [0.3, 0.4) is 0 Å². The molecule has 0 bridgehead atoms. The Labute approximate surface area is 258 Å². The summed E-state index contributed by atoms with van der Waals surface area (Å²) in [5, 5.41) is 6.64. The Hall–Kier alpha value is -4.54. The lowest BCUT2D eigenvalue weighted by atomic mass is 10.2. The molecule has 1 saturated heterocycles. The summed E-state index contributed by atoms with van der Waals surface area (Å²) in [7, 11) is 5.29. The monoisotopic (exact) mass is 603 g/mol. The number of methoxy groups -OCH3 is 2. The fourth-order valence-corrected chi connectivity index (χ4v) is 4.86. The number of urea groups is 1. The summed E-state index contributed by atoms with van der Waals surface area (Å²) >= 11 is 6.46. The zero-order valence-corrected chi connectivity index (χ0v) is 26.0.